The first-order valence-electron chi connectivity index (χ1n) is 6.42. The van der Waals surface area contributed by atoms with Gasteiger partial charge in [-0.3, -0.25) is 4.90 Å². The Kier molecular flexibility index (Phi) is 2.74. The Balaban J connectivity index is 1.72. The average Bonchev–Trinajstić information content (AvgIpc) is 2.44. The normalized spacial score (nSPS) is 40.5. The largest absolute Gasteiger partial charge is 0.303 e. The first kappa shape index (κ1) is 11.9. The van der Waals surface area contributed by atoms with E-state index in [-0.39, 0.29) is 5.25 Å². The third-order valence-electron chi connectivity index (χ3n) is 4.68. The molecule has 2 N–H and O–H groups in total. The van der Waals surface area contributed by atoms with Gasteiger partial charge in [-0.15, -0.1) is 0 Å². The second kappa shape index (κ2) is 3.91. The summed E-state index contributed by atoms with van der Waals surface area (Å²) in [4.78, 5) is 4.90. The van der Waals surface area contributed by atoms with Crippen LogP contribution in [0.2, 0.25) is 0 Å². The third kappa shape index (κ3) is 2.01. The number of rotatable bonds is 2. The predicted molar refractivity (Wildman–Crippen MR) is 66.1 cm³/mol. The molecule has 0 aliphatic carbocycles. The quantitative estimate of drug-likeness (QED) is 0.732. The first-order chi connectivity index (χ1) is 7.95. The third-order valence-corrected chi connectivity index (χ3v) is 5.99. The number of piperidine rings is 1. The van der Waals surface area contributed by atoms with Crippen molar-refractivity contribution in [2.75, 3.05) is 20.1 Å². The van der Waals surface area contributed by atoms with Crippen molar-refractivity contribution in [3.63, 3.8) is 0 Å². The molecule has 0 amide bonds. The molecule has 3 aliphatic heterocycles. The fraction of sp³-hybridized carbons (Fsp3) is 1.00. The summed E-state index contributed by atoms with van der Waals surface area (Å²) in [5, 5.41) is 5.00. The number of primary sulfonamides is 1. The molecule has 5 nitrogen and oxygen atoms in total. The van der Waals surface area contributed by atoms with E-state index in [9.17, 15) is 8.42 Å². The molecule has 0 spiro atoms. The zero-order chi connectivity index (χ0) is 12.2. The summed E-state index contributed by atoms with van der Waals surface area (Å²) in [6.45, 7) is 2.26. The van der Waals surface area contributed by atoms with Crippen LogP contribution in [0.25, 0.3) is 0 Å². The monoisotopic (exact) mass is 259 g/mol. The van der Waals surface area contributed by atoms with Gasteiger partial charge in [-0.25, -0.2) is 13.6 Å². The van der Waals surface area contributed by atoms with E-state index < -0.39 is 10.0 Å². The van der Waals surface area contributed by atoms with Gasteiger partial charge in [0.1, 0.15) is 0 Å². The van der Waals surface area contributed by atoms with Crippen LogP contribution < -0.4 is 5.14 Å². The van der Waals surface area contributed by atoms with E-state index in [2.05, 4.69) is 16.8 Å². The van der Waals surface area contributed by atoms with Crippen molar-refractivity contribution in [3.05, 3.63) is 0 Å². The number of fused-ring (bicyclic) bond motifs is 2. The minimum absolute atomic E-state index is 0.297. The van der Waals surface area contributed by atoms with Crippen LogP contribution in [0.5, 0.6) is 0 Å². The van der Waals surface area contributed by atoms with E-state index in [0.717, 1.165) is 38.8 Å². The summed E-state index contributed by atoms with van der Waals surface area (Å²) in [6.07, 6.45) is 3.79. The lowest BCUT2D eigenvalue weighted by atomic mass is 9.97. The molecule has 3 saturated heterocycles. The van der Waals surface area contributed by atoms with E-state index >= 15 is 0 Å². The van der Waals surface area contributed by atoms with Crippen LogP contribution in [0.1, 0.15) is 25.7 Å². The number of sulfonamides is 1. The maximum atomic E-state index is 11.5. The van der Waals surface area contributed by atoms with Crippen molar-refractivity contribution < 1.29 is 8.42 Å². The maximum absolute atomic E-state index is 11.5. The van der Waals surface area contributed by atoms with Gasteiger partial charge in [-0.05, 0) is 32.7 Å². The molecule has 0 aromatic rings. The summed E-state index contributed by atoms with van der Waals surface area (Å²) in [5.41, 5.74) is 0. The Morgan fingerprint density at radius 3 is 2.00 bits per heavy atom. The Morgan fingerprint density at radius 2 is 1.59 bits per heavy atom. The van der Waals surface area contributed by atoms with Crippen molar-refractivity contribution in [1.82, 2.24) is 9.80 Å². The maximum Gasteiger partial charge on any atom is 0.212 e. The zero-order valence-corrected chi connectivity index (χ0v) is 11.1. The number of nitrogens with two attached hydrogens (primary N) is 1. The molecule has 3 rings (SSSR count). The summed E-state index contributed by atoms with van der Waals surface area (Å²) in [6, 6.07) is 1.56. The van der Waals surface area contributed by atoms with Crippen LogP contribution in [0.3, 0.4) is 0 Å². The second-order valence-corrected chi connectivity index (χ2v) is 7.73. The smallest absolute Gasteiger partial charge is 0.212 e. The standard InChI is InChI=1S/C11H21N3O2S/c1-13-6-10(7-13)14-8-2-3-9(14)5-11(4-8)17(12,15)16/h8-11H,2-7H2,1H3,(H2,12,15,16)/t8-,9?,11?/m0/s1. The predicted octanol–water partition coefficient (Wildman–Crippen LogP) is -0.416. The number of hydrogen-bond donors (Lipinski definition) is 1. The van der Waals surface area contributed by atoms with Gasteiger partial charge in [0.25, 0.3) is 0 Å². The fourth-order valence-corrected chi connectivity index (χ4v) is 4.86. The minimum Gasteiger partial charge on any atom is -0.303 e. The molecular formula is C11H21N3O2S. The van der Waals surface area contributed by atoms with Crippen molar-refractivity contribution in [2.24, 2.45) is 5.14 Å². The average molecular weight is 259 g/mol. The molecule has 3 atom stereocenters. The Bertz CT molecular complexity index is 391. The Morgan fingerprint density at radius 1 is 1.06 bits per heavy atom. The van der Waals surface area contributed by atoms with Crippen molar-refractivity contribution in [1.29, 1.82) is 0 Å². The van der Waals surface area contributed by atoms with Crippen molar-refractivity contribution in [2.45, 2.75) is 49.1 Å². The Hall–Kier alpha value is -0.170. The van der Waals surface area contributed by atoms with Gasteiger partial charge < -0.3 is 4.90 Å². The van der Waals surface area contributed by atoms with Crippen LogP contribution in [0.15, 0.2) is 0 Å². The van der Waals surface area contributed by atoms with E-state index in [0.29, 0.717) is 18.1 Å². The van der Waals surface area contributed by atoms with E-state index in [4.69, 9.17) is 5.14 Å². The number of nitrogens with zero attached hydrogens (tertiary/aromatic N) is 2. The van der Waals surface area contributed by atoms with Crippen molar-refractivity contribution in [3.8, 4) is 0 Å². The molecule has 0 radical (unpaired) electrons. The van der Waals surface area contributed by atoms with E-state index in [1.807, 2.05) is 0 Å². The van der Waals surface area contributed by atoms with Gasteiger partial charge in [-0.2, -0.15) is 0 Å². The highest BCUT2D eigenvalue weighted by atomic mass is 32.2. The Labute approximate surface area is 103 Å². The summed E-state index contributed by atoms with van der Waals surface area (Å²) >= 11 is 0. The van der Waals surface area contributed by atoms with Crippen LogP contribution in [-0.4, -0.2) is 61.7 Å². The van der Waals surface area contributed by atoms with E-state index in [1.165, 1.54) is 0 Å². The highest BCUT2D eigenvalue weighted by molar-refractivity contribution is 7.89. The SMILES string of the molecule is CN1CC(N2C3CC[C@H]2CC(S(N)(=O)=O)C3)C1. The molecule has 2 bridgehead atoms. The summed E-state index contributed by atoms with van der Waals surface area (Å²) < 4.78 is 22.9. The number of likely N-dealkylation sites (N-methyl/N-ethyl adjacent to an activating group) is 1. The fourth-order valence-electron chi connectivity index (χ4n) is 3.88. The molecule has 98 valence electrons. The van der Waals surface area contributed by atoms with Gasteiger partial charge in [0.05, 0.1) is 5.25 Å². The van der Waals surface area contributed by atoms with Gasteiger partial charge in [0.2, 0.25) is 10.0 Å². The summed E-state index contributed by atoms with van der Waals surface area (Å²) in [7, 11) is -1.20. The molecule has 0 aromatic heterocycles. The van der Waals surface area contributed by atoms with Crippen LogP contribution in [0.4, 0.5) is 0 Å². The minimum atomic E-state index is -3.34. The number of hydrogen-bond acceptors (Lipinski definition) is 4. The van der Waals surface area contributed by atoms with Crippen LogP contribution in [-0.2, 0) is 10.0 Å². The molecule has 3 fully saturated rings. The lowest BCUT2D eigenvalue weighted by Crippen LogP contribution is -2.63. The molecule has 6 heteroatoms. The van der Waals surface area contributed by atoms with E-state index in [1.54, 1.807) is 0 Å². The number of likely N-dealkylation sites (tertiary alicyclic amines) is 1. The molecule has 3 aliphatic rings. The molecule has 0 saturated carbocycles. The highest BCUT2D eigenvalue weighted by Crippen LogP contribution is 2.40. The molecule has 2 unspecified atom stereocenters. The van der Waals surface area contributed by atoms with Crippen molar-refractivity contribution >= 4 is 10.0 Å². The van der Waals surface area contributed by atoms with Crippen LogP contribution in [0, 0.1) is 0 Å². The summed E-state index contributed by atoms with van der Waals surface area (Å²) in [5.74, 6) is 0. The molecule has 0 aromatic carbocycles. The zero-order valence-electron chi connectivity index (χ0n) is 10.2. The lowest BCUT2D eigenvalue weighted by molar-refractivity contribution is 0.000565. The second-order valence-electron chi connectivity index (χ2n) is 5.89. The first-order valence-corrected chi connectivity index (χ1v) is 8.03. The van der Waals surface area contributed by atoms with Gasteiger partial charge in [0.15, 0.2) is 0 Å². The van der Waals surface area contributed by atoms with Crippen LogP contribution >= 0.6 is 0 Å². The molecular weight excluding hydrogens is 238 g/mol. The molecule has 3 heterocycles. The van der Waals surface area contributed by atoms with Gasteiger partial charge in [-0.1, -0.05) is 0 Å². The molecule has 17 heavy (non-hydrogen) atoms. The lowest BCUT2D eigenvalue weighted by Gasteiger charge is -2.49. The van der Waals surface area contributed by atoms with Gasteiger partial charge >= 0.3 is 0 Å². The van der Waals surface area contributed by atoms with Gasteiger partial charge in [0, 0.05) is 31.2 Å². The highest BCUT2D eigenvalue weighted by Gasteiger charge is 2.48. The topological polar surface area (TPSA) is 66.6 Å².